The fraction of sp³-hybridized carbons (Fsp3) is 0.226. The van der Waals surface area contributed by atoms with Crippen molar-refractivity contribution in [1.82, 2.24) is 0 Å². The highest BCUT2D eigenvalue weighted by Gasteiger charge is 2.20. The highest BCUT2D eigenvalue weighted by molar-refractivity contribution is 6.26. The van der Waals surface area contributed by atoms with Crippen molar-refractivity contribution in [3.63, 3.8) is 0 Å². The molecule has 0 unspecified atom stereocenters. The van der Waals surface area contributed by atoms with Crippen molar-refractivity contribution >= 4 is 32.3 Å². The van der Waals surface area contributed by atoms with Crippen LogP contribution in [0.2, 0.25) is 0 Å². The van der Waals surface area contributed by atoms with Crippen molar-refractivity contribution in [2.45, 2.75) is 48.0 Å². The first kappa shape index (κ1) is 22.6. The van der Waals surface area contributed by atoms with Crippen LogP contribution in [0.1, 0.15) is 52.7 Å². The molecule has 0 fully saturated rings. The molecule has 0 amide bonds. The van der Waals surface area contributed by atoms with E-state index in [-0.39, 0.29) is 0 Å². The smallest absolute Gasteiger partial charge is 0.00132 e. The van der Waals surface area contributed by atoms with E-state index in [0.29, 0.717) is 0 Å². The van der Waals surface area contributed by atoms with Gasteiger partial charge in [-0.2, -0.15) is 0 Å². The van der Waals surface area contributed by atoms with Crippen molar-refractivity contribution in [2.75, 3.05) is 0 Å². The molecule has 158 valence electrons. The number of rotatable bonds is 0. The van der Waals surface area contributed by atoms with Gasteiger partial charge in [-0.05, 0) is 73.1 Å². The van der Waals surface area contributed by atoms with Crippen molar-refractivity contribution in [3.05, 3.63) is 96.1 Å². The molecule has 0 heteroatoms. The van der Waals surface area contributed by atoms with Gasteiger partial charge in [0.25, 0.3) is 0 Å². The molecule has 5 aromatic carbocycles. The second-order valence-electron chi connectivity index (χ2n) is 6.98. The Balaban J connectivity index is 0.000000421. The van der Waals surface area contributed by atoms with Crippen molar-refractivity contribution in [3.8, 4) is 11.1 Å². The van der Waals surface area contributed by atoms with Gasteiger partial charge in [0.15, 0.2) is 0 Å². The molecule has 0 heterocycles. The molecule has 0 bridgehead atoms. The van der Waals surface area contributed by atoms with E-state index in [0.717, 1.165) is 6.42 Å². The van der Waals surface area contributed by atoms with Gasteiger partial charge in [0, 0.05) is 0 Å². The minimum Gasteiger partial charge on any atom is -0.0683 e. The summed E-state index contributed by atoms with van der Waals surface area (Å²) in [4.78, 5) is 0. The van der Waals surface area contributed by atoms with Gasteiger partial charge in [0.1, 0.15) is 0 Å². The predicted molar refractivity (Wildman–Crippen MR) is 141 cm³/mol. The topological polar surface area (TPSA) is 0 Å². The zero-order valence-corrected chi connectivity index (χ0v) is 19.8. The van der Waals surface area contributed by atoms with E-state index in [4.69, 9.17) is 0 Å². The Morgan fingerprint density at radius 2 is 0.806 bits per heavy atom. The summed E-state index contributed by atoms with van der Waals surface area (Å²) >= 11 is 0. The Labute approximate surface area is 187 Å². The standard InChI is InChI=1S/C25H16.3C2H6/c1-2-8-18-16(7-1)13-17-14-24-21-11-5-3-9-19(21)20-10-4-6-12-22(20)25(24)15-23(17)18;3*1-2/h1-12,14-15H,13H2;3*1-2H3. The first-order valence-electron chi connectivity index (χ1n) is 11.8. The minimum absolute atomic E-state index is 1.04. The molecule has 0 saturated heterocycles. The summed E-state index contributed by atoms with van der Waals surface area (Å²) in [5.74, 6) is 0. The van der Waals surface area contributed by atoms with Crippen LogP contribution >= 0.6 is 0 Å². The Kier molecular flexibility index (Phi) is 7.47. The normalized spacial score (nSPS) is 10.8. The highest BCUT2D eigenvalue weighted by Crippen LogP contribution is 2.42. The maximum absolute atomic E-state index is 2.43. The maximum atomic E-state index is 2.43. The van der Waals surface area contributed by atoms with Gasteiger partial charge in [-0.3, -0.25) is 0 Å². The van der Waals surface area contributed by atoms with Crippen LogP contribution in [0.25, 0.3) is 43.4 Å². The lowest BCUT2D eigenvalue weighted by molar-refractivity contribution is 1.27. The molecule has 0 N–H and O–H groups in total. The quantitative estimate of drug-likeness (QED) is 0.220. The van der Waals surface area contributed by atoms with Gasteiger partial charge in [-0.25, -0.2) is 0 Å². The third-order valence-corrected chi connectivity index (χ3v) is 5.66. The Bertz CT molecular complexity index is 1310. The minimum atomic E-state index is 1.04. The molecule has 0 nitrogen and oxygen atoms in total. The van der Waals surface area contributed by atoms with Crippen molar-refractivity contribution in [1.29, 1.82) is 0 Å². The summed E-state index contributed by atoms with van der Waals surface area (Å²) < 4.78 is 0. The first-order valence-corrected chi connectivity index (χ1v) is 11.8. The molecule has 0 saturated carbocycles. The second kappa shape index (κ2) is 10.3. The van der Waals surface area contributed by atoms with Crippen LogP contribution in [0.4, 0.5) is 0 Å². The van der Waals surface area contributed by atoms with E-state index in [1.807, 2.05) is 41.5 Å². The lowest BCUT2D eigenvalue weighted by Gasteiger charge is -2.12. The monoisotopic (exact) mass is 406 g/mol. The van der Waals surface area contributed by atoms with Gasteiger partial charge in [-0.15, -0.1) is 0 Å². The van der Waals surface area contributed by atoms with E-state index >= 15 is 0 Å². The summed E-state index contributed by atoms with van der Waals surface area (Å²) in [7, 11) is 0. The third-order valence-electron chi connectivity index (χ3n) is 5.66. The van der Waals surface area contributed by atoms with Crippen LogP contribution in [0, 0.1) is 0 Å². The van der Waals surface area contributed by atoms with Crippen LogP contribution in [0.5, 0.6) is 0 Å². The molecule has 0 aromatic heterocycles. The van der Waals surface area contributed by atoms with Crippen LogP contribution in [0.15, 0.2) is 84.9 Å². The SMILES string of the molecule is CC.CC.CC.c1ccc2c(c1)Cc1cc3c4ccccc4c4ccccc4c3cc1-2. The maximum Gasteiger partial charge on any atom is -0.00132 e. The molecular formula is C31H34. The molecule has 5 aromatic rings. The average molecular weight is 407 g/mol. The number of hydrogen-bond donors (Lipinski definition) is 0. The summed E-state index contributed by atoms with van der Waals surface area (Å²) in [5, 5.41) is 8.14. The Morgan fingerprint density at radius 1 is 0.387 bits per heavy atom. The van der Waals surface area contributed by atoms with Crippen molar-refractivity contribution in [2.24, 2.45) is 0 Å². The Morgan fingerprint density at radius 3 is 1.35 bits per heavy atom. The van der Waals surface area contributed by atoms with E-state index in [9.17, 15) is 0 Å². The number of hydrogen-bond acceptors (Lipinski definition) is 0. The third kappa shape index (κ3) is 3.83. The lowest BCUT2D eigenvalue weighted by Crippen LogP contribution is -1.86. The molecule has 31 heavy (non-hydrogen) atoms. The zero-order chi connectivity index (χ0) is 22.4. The van der Waals surface area contributed by atoms with E-state index in [2.05, 4.69) is 84.9 Å². The van der Waals surface area contributed by atoms with Gasteiger partial charge < -0.3 is 0 Å². The molecule has 0 radical (unpaired) electrons. The molecule has 6 rings (SSSR count). The summed E-state index contributed by atoms with van der Waals surface area (Å²) in [6.45, 7) is 12.0. The van der Waals surface area contributed by atoms with Gasteiger partial charge in [0.2, 0.25) is 0 Å². The van der Waals surface area contributed by atoms with Gasteiger partial charge in [0.05, 0.1) is 0 Å². The molecule has 1 aliphatic rings. The van der Waals surface area contributed by atoms with Crippen LogP contribution in [0.3, 0.4) is 0 Å². The zero-order valence-electron chi connectivity index (χ0n) is 19.8. The molecule has 1 aliphatic carbocycles. The van der Waals surface area contributed by atoms with E-state index in [1.165, 1.54) is 54.6 Å². The largest absolute Gasteiger partial charge is 0.0683 e. The highest BCUT2D eigenvalue weighted by atomic mass is 14.2. The summed E-state index contributed by atoms with van der Waals surface area (Å²) in [5.41, 5.74) is 5.70. The second-order valence-corrected chi connectivity index (χ2v) is 6.98. The Hall–Kier alpha value is -3.12. The van der Waals surface area contributed by atoms with Gasteiger partial charge in [-0.1, -0.05) is 114 Å². The first-order chi connectivity index (χ1) is 15.4. The molecule has 0 atom stereocenters. The van der Waals surface area contributed by atoms with Crippen LogP contribution in [-0.2, 0) is 6.42 Å². The molecule has 0 spiro atoms. The molecule has 0 aliphatic heterocycles. The fourth-order valence-electron chi connectivity index (χ4n) is 4.54. The van der Waals surface area contributed by atoms with Gasteiger partial charge >= 0.3 is 0 Å². The summed E-state index contributed by atoms with van der Waals surface area (Å²) in [6.07, 6.45) is 1.04. The van der Waals surface area contributed by atoms with Crippen molar-refractivity contribution < 1.29 is 0 Å². The fourth-order valence-corrected chi connectivity index (χ4v) is 4.54. The van der Waals surface area contributed by atoms with E-state index in [1.54, 1.807) is 0 Å². The summed E-state index contributed by atoms with van der Waals surface area (Å²) in [6, 6.07) is 31.3. The van der Waals surface area contributed by atoms with Crippen LogP contribution < -0.4 is 0 Å². The molecular weight excluding hydrogens is 372 g/mol. The average Bonchev–Trinajstić information content (AvgIpc) is 3.24. The lowest BCUT2D eigenvalue weighted by atomic mass is 9.91. The number of fused-ring (bicyclic) bond motifs is 9. The van der Waals surface area contributed by atoms with Crippen LogP contribution in [-0.4, -0.2) is 0 Å². The predicted octanol–water partition coefficient (Wildman–Crippen LogP) is 9.80. The number of benzene rings is 5. The van der Waals surface area contributed by atoms with E-state index < -0.39 is 0 Å².